The molecule has 0 aromatic carbocycles. The zero-order valence-corrected chi connectivity index (χ0v) is 18.2. The van der Waals surface area contributed by atoms with E-state index in [-0.39, 0.29) is 35.5 Å². The zero-order valence-electron chi connectivity index (χ0n) is 16.2. The summed E-state index contributed by atoms with van der Waals surface area (Å²) in [6.45, 7) is 3.74. The van der Waals surface area contributed by atoms with Gasteiger partial charge < -0.3 is 10.4 Å². The molecule has 24 heavy (non-hydrogen) atoms. The minimum Gasteiger partial charge on any atom is -0.480 e. The number of carbonyl (C=O) groups excluding carboxylic acids is 1. The number of carboxylic acids is 1. The van der Waals surface area contributed by atoms with Crippen LogP contribution in [0.15, 0.2) is 0 Å². The summed E-state index contributed by atoms with van der Waals surface area (Å²) in [6, 6.07) is -0.788. The largest absolute Gasteiger partial charge is 0.480 e. The van der Waals surface area contributed by atoms with Crippen LogP contribution in [0.3, 0.4) is 0 Å². The van der Waals surface area contributed by atoms with Gasteiger partial charge in [-0.2, -0.15) is 0 Å². The van der Waals surface area contributed by atoms with E-state index in [2.05, 4.69) is 12.2 Å². The van der Waals surface area contributed by atoms with Crippen LogP contribution in [0.2, 0.25) is 0 Å². The van der Waals surface area contributed by atoms with Crippen molar-refractivity contribution in [1.82, 2.24) is 5.32 Å². The Kier molecular flexibility index (Phi) is 21.0. The standard InChI is InChI=1S/C19H37NO3.Na/c1-3-4-5-6-7-8-9-10-11-12-13-14-15-16-18(21)20-17(2)19(22)23;/h17H,3-16H2,1-2H3,(H,20,21)(H,22,23);. The summed E-state index contributed by atoms with van der Waals surface area (Å²) < 4.78 is 0. The van der Waals surface area contributed by atoms with E-state index >= 15 is 0 Å². The minimum atomic E-state index is -0.983. The van der Waals surface area contributed by atoms with Crippen molar-refractivity contribution in [3.8, 4) is 0 Å². The number of amides is 1. The number of nitrogens with one attached hydrogen (secondary N) is 1. The zero-order chi connectivity index (χ0) is 17.3. The number of aliphatic carboxylic acids is 1. The first-order chi connectivity index (χ1) is 11.1. The molecule has 0 bridgehead atoms. The number of carboxylic acid groups (broad SMARTS) is 1. The third-order valence-electron chi connectivity index (χ3n) is 4.26. The molecule has 1 radical (unpaired) electrons. The second-order valence-electron chi connectivity index (χ2n) is 6.62. The molecule has 0 aliphatic rings. The molecule has 0 saturated carbocycles. The van der Waals surface area contributed by atoms with Gasteiger partial charge in [-0.1, -0.05) is 84.0 Å². The van der Waals surface area contributed by atoms with E-state index in [1.165, 1.54) is 77.6 Å². The van der Waals surface area contributed by atoms with Crippen molar-refractivity contribution in [2.24, 2.45) is 0 Å². The van der Waals surface area contributed by atoms with Gasteiger partial charge in [0.05, 0.1) is 0 Å². The second kappa shape index (κ2) is 19.3. The summed E-state index contributed by atoms with van der Waals surface area (Å²) in [7, 11) is 0. The molecule has 1 amide bonds. The number of rotatable bonds is 16. The molecule has 0 fully saturated rings. The van der Waals surface area contributed by atoms with E-state index in [1.54, 1.807) is 0 Å². The molecular weight excluding hydrogens is 313 g/mol. The summed E-state index contributed by atoms with van der Waals surface area (Å²) in [5.41, 5.74) is 0. The number of unbranched alkanes of at least 4 members (excludes halogenated alkanes) is 12. The summed E-state index contributed by atoms with van der Waals surface area (Å²) in [4.78, 5) is 22.1. The number of carbonyl (C=O) groups is 2. The Morgan fingerprint density at radius 1 is 0.792 bits per heavy atom. The second-order valence-corrected chi connectivity index (χ2v) is 6.62. The van der Waals surface area contributed by atoms with Crippen molar-refractivity contribution < 1.29 is 14.7 Å². The predicted octanol–water partition coefficient (Wildman–Crippen LogP) is 4.68. The van der Waals surface area contributed by atoms with Crippen molar-refractivity contribution in [3.63, 3.8) is 0 Å². The van der Waals surface area contributed by atoms with Crippen molar-refractivity contribution in [2.75, 3.05) is 0 Å². The Morgan fingerprint density at radius 3 is 1.54 bits per heavy atom. The molecule has 0 spiro atoms. The maximum absolute atomic E-state index is 11.5. The fourth-order valence-corrected chi connectivity index (χ4v) is 2.68. The Balaban J connectivity index is 0. The predicted molar refractivity (Wildman–Crippen MR) is 101 cm³/mol. The van der Waals surface area contributed by atoms with E-state index in [4.69, 9.17) is 5.11 Å². The number of hydrogen-bond donors (Lipinski definition) is 2. The van der Waals surface area contributed by atoms with Crippen molar-refractivity contribution >= 4 is 41.4 Å². The molecule has 0 aromatic rings. The summed E-state index contributed by atoms with van der Waals surface area (Å²) in [6.07, 6.45) is 17.1. The van der Waals surface area contributed by atoms with Crippen LogP contribution in [-0.4, -0.2) is 52.6 Å². The third kappa shape index (κ3) is 18.3. The normalized spacial score (nSPS) is 11.6. The molecule has 0 aliphatic carbocycles. The topological polar surface area (TPSA) is 66.4 Å². The van der Waals surface area contributed by atoms with Crippen LogP contribution in [-0.2, 0) is 9.59 Å². The first kappa shape index (κ1) is 26.2. The SMILES string of the molecule is CCCCCCCCCCCCCCCC(=O)NC(C)C(=O)O.[Na]. The van der Waals surface area contributed by atoms with Crippen LogP contribution in [0.25, 0.3) is 0 Å². The summed E-state index contributed by atoms with van der Waals surface area (Å²) in [5, 5.41) is 11.2. The van der Waals surface area contributed by atoms with Crippen LogP contribution in [0, 0.1) is 0 Å². The summed E-state index contributed by atoms with van der Waals surface area (Å²) >= 11 is 0. The molecule has 137 valence electrons. The Bertz CT molecular complexity index is 311. The molecule has 0 rings (SSSR count). The van der Waals surface area contributed by atoms with E-state index in [1.807, 2.05) is 0 Å². The van der Waals surface area contributed by atoms with Gasteiger partial charge in [-0.25, -0.2) is 0 Å². The quantitative estimate of drug-likeness (QED) is 0.314. The monoisotopic (exact) mass is 350 g/mol. The Hall–Kier alpha value is -0.0600. The molecular formula is C19H37NNaO3. The molecule has 0 aromatic heterocycles. The smallest absolute Gasteiger partial charge is 0.325 e. The fourth-order valence-electron chi connectivity index (χ4n) is 2.68. The third-order valence-corrected chi connectivity index (χ3v) is 4.26. The maximum Gasteiger partial charge on any atom is 0.325 e. The van der Waals surface area contributed by atoms with Gasteiger partial charge in [-0.05, 0) is 13.3 Å². The van der Waals surface area contributed by atoms with Gasteiger partial charge in [0.2, 0.25) is 5.91 Å². The molecule has 2 N–H and O–H groups in total. The van der Waals surface area contributed by atoms with Gasteiger partial charge in [-0.3, -0.25) is 9.59 Å². The van der Waals surface area contributed by atoms with E-state index in [0.717, 1.165) is 12.8 Å². The molecule has 5 heteroatoms. The van der Waals surface area contributed by atoms with E-state index in [9.17, 15) is 9.59 Å². The van der Waals surface area contributed by atoms with Gasteiger partial charge in [0.25, 0.3) is 0 Å². The van der Waals surface area contributed by atoms with Crippen LogP contribution in [0.4, 0.5) is 0 Å². The molecule has 1 unspecified atom stereocenters. The van der Waals surface area contributed by atoms with Crippen molar-refractivity contribution in [2.45, 2.75) is 110 Å². The number of hydrogen-bond acceptors (Lipinski definition) is 2. The fraction of sp³-hybridized carbons (Fsp3) is 0.895. The molecule has 0 saturated heterocycles. The van der Waals surface area contributed by atoms with Gasteiger partial charge in [0.15, 0.2) is 0 Å². The van der Waals surface area contributed by atoms with Crippen LogP contribution in [0.1, 0.15) is 104 Å². The Labute approximate surface area is 170 Å². The van der Waals surface area contributed by atoms with Gasteiger partial charge in [0, 0.05) is 36.0 Å². The molecule has 0 heterocycles. The van der Waals surface area contributed by atoms with E-state index in [0.29, 0.717) is 6.42 Å². The summed E-state index contributed by atoms with van der Waals surface area (Å²) in [5.74, 6) is -1.13. The molecule has 0 aliphatic heterocycles. The first-order valence-corrected chi connectivity index (χ1v) is 9.60. The molecule has 1 atom stereocenters. The minimum absolute atomic E-state index is 0. The van der Waals surface area contributed by atoms with Crippen molar-refractivity contribution in [3.05, 3.63) is 0 Å². The van der Waals surface area contributed by atoms with Gasteiger partial charge in [-0.15, -0.1) is 0 Å². The average molecular weight is 350 g/mol. The van der Waals surface area contributed by atoms with E-state index < -0.39 is 12.0 Å². The first-order valence-electron chi connectivity index (χ1n) is 9.60. The molecule has 4 nitrogen and oxygen atoms in total. The Morgan fingerprint density at radius 2 is 1.17 bits per heavy atom. The maximum atomic E-state index is 11.5. The van der Waals surface area contributed by atoms with Crippen LogP contribution < -0.4 is 5.32 Å². The van der Waals surface area contributed by atoms with Gasteiger partial charge in [0.1, 0.15) is 6.04 Å². The van der Waals surface area contributed by atoms with Crippen LogP contribution >= 0.6 is 0 Å². The average Bonchev–Trinajstić information content (AvgIpc) is 2.51. The van der Waals surface area contributed by atoms with Gasteiger partial charge >= 0.3 is 5.97 Å². The van der Waals surface area contributed by atoms with Crippen LogP contribution in [0.5, 0.6) is 0 Å². The van der Waals surface area contributed by atoms with Crippen molar-refractivity contribution in [1.29, 1.82) is 0 Å².